The maximum atomic E-state index is 5.17. The summed E-state index contributed by atoms with van der Waals surface area (Å²) in [5.74, 6) is 0.856. The van der Waals surface area contributed by atoms with Crippen LogP contribution in [0, 0.1) is 11.3 Å². The van der Waals surface area contributed by atoms with Crippen LogP contribution in [0.25, 0.3) is 0 Å². The maximum Gasteiger partial charge on any atom is 0.0464 e. The predicted molar refractivity (Wildman–Crippen MR) is 63.6 cm³/mol. The molecule has 0 aromatic heterocycles. The molecule has 0 aliphatic heterocycles. The Hall–Kier alpha value is -0.0400. The summed E-state index contributed by atoms with van der Waals surface area (Å²) >= 11 is 0. The van der Waals surface area contributed by atoms with E-state index in [1.807, 2.05) is 0 Å². The van der Waals surface area contributed by atoms with Crippen molar-refractivity contribution in [2.45, 2.75) is 59.8 Å². The van der Waals surface area contributed by atoms with Crippen LogP contribution in [-0.4, -0.2) is 13.7 Å². The summed E-state index contributed by atoms with van der Waals surface area (Å²) < 4.78 is 5.17. The van der Waals surface area contributed by atoms with E-state index >= 15 is 0 Å². The molecule has 1 atom stereocenters. The van der Waals surface area contributed by atoms with Crippen molar-refractivity contribution < 1.29 is 4.74 Å². The van der Waals surface area contributed by atoms with Gasteiger partial charge >= 0.3 is 0 Å². The summed E-state index contributed by atoms with van der Waals surface area (Å²) in [6.07, 6.45) is 6.61. The van der Waals surface area contributed by atoms with Crippen LogP contribution in [0.2, 0.25) is 0 Å². The van der Waals surface area contributed by atoms with E-state index in [0.717, 1.165) is 12.5 Å². The van der Waals surface area contributed by atoms with Crippen LogP contribution in [0.15, 0.2) is 0 Å². The van der Waals surface area contributed by atoms with Crippen molar-refractivity contribution in [2.75, 3.05) is 13.7 Å². The molecule has 0 saturated carbocycles. The molecule has 0 spiro atoms. The lowest BCUT2D eigenvalue weighted by atomic mass is 9.81. The second kappa shape index (κ2) is 7.28. The Bertz CT molecular complexity index is 116. The molecule has 0 saturated heterocycles. The van der Waals surface area contributed by atoms with Crippen molar-refractivity contribution in [2.24, 2.45) is 11.3 Å². The van der Waals surface area contributed by atoms with E-state index in [9.17, 15) is 0 Å². The maximum absolute atomic E-state index is 5.17. The first-order valence-corrected chi connectivity index (χ1v) is 5.98. The summed E-state index contributed by atoms with van der Waals surface area (Å²) in [6.45, 7) is 10.2. The van der Waals surface area contributed by atoms with Gasteiger partial charge in [0.2, 0.25) is 0 Å². The summed E-state index contributed by atoms with van der Waals surface area (Å²) in [6, 6.07) is 0. The number of unbranched alkanes of at least 4 members (excludes halogenated alkanes) is 1. The zero-order valence-electron chi connectivity index (χ0n) is 10.7. The van der Waals surface area contributed by atoms with Crippen LogP contribution >= 0.6 is 0 Å². The largest absolute Gasteiger partial charge is 0.385 e. The van der Waals surface area contributed by atoms with E-state index in [4.69, 9.17) is 4.74 Å². The molecule has 0 fully saturated rings. The third kappa shape index (κ3) is 8.55. The van der Waals surface area contributed by atoms with Gasteiger partial charge in [-0.05, 0) is 24.2 Å². The van der Waals surface area contributed by atoms with E-state index in [2.05, 4.69) is 27.7 Å². The molecular weight excluding hydrogens is 172 g/mol. The van der Waals surface area contributed by atoms with Crippen LogP contribution in [0.5, 0.6) is 0 Å². The monoisotopic (exact) mass is 200 g/mol. The van der Waals surface area contributed by atoms with Crippen molar-refractivity contribution in [3.05, 3.63) is 0 Å². The SMILES string of the molecule is CCCC[C@@H](CCOC)CC(C)(C)C. The number of hydrogen-bond donors (Lipinski definition) is 0. The number of rotatable bonds is 7. The fourth-order valence-corrected chi connectivity index (χ4v) is 1.99. The third-order valence-electron chi connectivity index (χ3n) is 2.60. The topological polar surface area (TPSA) is 9.23 Å². The normalized spacial score (nSPS) is 14.4. The van der Waals surface area contributed by atoms with E-state index in [-0.39, 0.29) is 0 Å². The molecule has 0 N–H and O–H groups in total. The minimum atomic E-state index is 0.464. The lowest BCUT2D eigenvalue weighted by Crippen LogP contribution is -2.15. The van der Waals surface area contributed by atoms with Gasteiger partial charge in [-0.25, -0.2) is 0 Å². The second-order valence-corrected chi connectivity index (χ2v) is 5.55. The Kier molecular flexibility index (Phi) is 7.26. The molecule has 1 heteroatoms. The summed E-state index contributed by atoms with van der Waals surface area (Å²) in [5.41, 5.74) is 0.464. The highest BCUT2D eigenvalue weighted by Gasteiger charge is 2.17. The third-order valence-corrected chi connectivity index (χ3v) is 2.60. The summed E-state index contributed by atoms with van der Waals surface area (Å²) in [7, 11) is 1.80. The fraction of sp³-hybridized carbons (Fsp3) is 1.00. The Morgan fingerprint density at radius 1 is 1.14 bits per heavy atom. The lowest BCUT2D eigenvalue weighted by Gasteiger charge is -2.25. The molecule has 0 aliphatic rings. The molecule has 86 valence electrons. The van der Waals surface area contributed by atoms with Crippen molar-refractivity contribution in [1.82, 2.24) is 0 Å². The van der Waals surface area contributed by atoms with Crippen LogP contribution in [0.4, 0.5) is 0 Å². The number of ether oxygens (including phenoxy) is 1. The molecule has 14 heavy (non-hydrogen) atoms. The second-order valence-electron chi connectivity index (χ2n) is 5.55. The van der Waals surface area contributed by atoms with Gasteiger partial charge in [-0.15, -0.1) is 0 Å². The number of methoxy groups -OCH3 is 1. The Morgan fingerprint density at radius 2 is 1.79 bits per heavy atom. The molecule has 0 heterocycles. The van der Waals surface area contributed by atoms with E-state index in [1.54, 1.807) is 7.11 Å². The quantitative estimate of drug-likeness (QED) is 0.596. The van der Waals surface area contributed by atoms with Gasteiger partial charge in [-0.3, -0.25) is 0 Å². The summed E-state index contributed by atoms with van der Waals surface area (Å²) in [5, 5.41) is 0. The molecule has 0 bridgehead atoms. The van der Waals surface area contributed by atoms with Crippen molar-refractivity contribution in [3.8, 4) is 0 Å². The molecule has 0 amide bonds. The van der Waals surface area contributed by atoms with Gasteiger partial charge < -0.3 is 4.74 Å². The zero-order chi connectivity index (χ0) is 11.0. The molecule has 0 radical (unpaired) electrons. The van der Waals surface area contributed by atoms with E-state index < -0.39 is 0 Å². The first-order valence-electron chi connectivity index (χ1n) is 5.98. The molecule has 0 aliphatic carbocycles. The highest BCUT2D eigenvalue weighted by Crippen LogP contribution is 2.29. The minimum absolute atomic E-state index is 0.464. The first kappa shape index (κ1) is 14.0. The smallest absolute Gasteiger partial charge is 0.0464 e. The van der Waals surface area contributed by atoms with Gasteiger partial charge in [0, 0.05) is 13.7 Å². The van der Waals surface area contributed by atoms with Crippen LogP contribution in [-0.2, 0) is 4.74 Å². The Morgan fingerprint density at radius 3 is 2.21 bits per heavy atom. The standard InChI is InChI=1S/C13H28O/c1-6-7-8-12(9-10-14-5)11-13(2,3)4/h12H,6-11H2,1-5H3/t12-/m0/s1. The molecule has 1 nitrogen and oxygen atoms in total. The molecular formula is C13H28O. The van der Waals surface area contributed by atoms with E-state index in [1.165, 1.54) is 32.1 Å². The lowest BCUT2D eigenvalue weighted by molar-refractivity contribution is 0.157. The number of hydrogen-bond acceptors (Lipinski definition) is 1. The average Bonchev–Trinajstić information content (AvgIpc) is 2.07. The van der Waals surface area contributed by atoms with Crippen LogP contribution < -0.4 is 0 Å². The van der Waals surface area contributed by atoms with Crippen LogP contribution in [0.3, 0.4) is 0 Å². The molecule has 0 aromatic rings. The molecule has 0 rings (SSSR count). The Balaban J connectivity index is 3.84. The summed E-state index contributed by atoms with van der Waals surface area (Å²) in [4.78, 5) is 0. The van der Waals surface area contributed by atoms with Gasteiger partial charge in [0.05, 0.1) is 0 Å². The highest BCUT2D eigenvalue weighted by atomic mass is 16.5. The average molecular weight is 200 g/mol. The van der Waals surface area contributed by atoms with Crippen molar-refractivity contribution in [1.29, 1.82) is 0 Å². The van der Waals surface area contributed by atoms with E-state index in [0.29, 0.717) is 5.41 Å². The minimum Gasteiger partial charge on any atom is -0.385 e. The van der Waals surface area contributed by atoms with Gasteiger partial charge in [0.1, 0.15) is 0 Å². The van der Waals surface area contributed by atoms with Gasteiger partial charge in [0.15, 0.2) is 0 Å². The zero-order valence-corrected chi connectivity index (χ0v) is 10.7. The molecule has 0 aromatic carbocycles. The molecule has 0 unspecified atom stereocenters. The van der Waals surface area contributed by atoms with Gasteiger partial charge in [-0.2, -0.15) is 0 Å². The Labute approximate surface area is 90.2 Å². The van der Waals surface area contributed by atoms with Crippen molar-refractivity contribution in [3.63, 3.8) is 0 Å². The highest BCUT2D eigenvalue weighted by molar-refractivity contribution is 4.69. The van der Waals surface area contributed by atoms with Crippen LogP contribution in [0.1, 0.15) is 59.8 Å². The van der Waals surface area contributed by atoms with Gasteiger partial charge in [0.25, 0.3) is 0 Å². The fourth-order valence-electron chi connectivity index (χ4n) is 1.99. The van der Waals surface area contributed by atoms with Gasteiger partial charge in [-0.1, -0.05) is 47.0 Å². The predicted octanol–water partition coefficient (Wildman–Crippen LogP) is 4.27. The van der Waals surface area contributed by atoms with Crippen molar-refractivity contribution >= 4 is 0 Å². The first-order chi connectivity index (χ1) is 6.49.